The molecule has 0 aliphatic rings. The smallest absolute Gasteiger partial charge is 0.329 e. The maximum Gasteiger partial charge on any atom is 0.329 e. The molecule has 7 heteroatoms. The SMILES string of the molecule is CC.CC(COCC(=O)O)n1cnc2c(N)nc3ccccc3c21. The normalized spacial score (nSPS) is 12.0. The summed E-state index contributed by atoms with van der Waals surface area (Å²) in [4.78, 5) is 19.2. The highest BCUT2D eigenvalue weighted by atomic mass is 16.5. The number of benzene rings is 1. The van der Waals surface area contributed by atoms with Crippen molar-refractivity contribution in [1.82, 2.24) is 14.5 Å². The van der Waals surface area contributed by atoms with Crippen molar-refractivity contribution in [3.8, 4) is 0 Å². The monoisotopic (exact) mass is 330 g/mol. The van der Waals surface area contributed by atoms with E-state index in [1.165, 1.54) is 0 Å². The van der Waals surface area contributed by atoms with Gasteiger partial charge < -0.3 is 20.1 Å². The Bertz CT molecular complexity index is 844. The molecule has 0 aliphatic carbocycles. The summed E-state index contributed by atoms with van der Waals surface area (Å²) in [5.41, 5.74) is 8.30. The molecule has 0 saturated heterocycles. The molecule has 128 valence electrons. The van der Waals surface area contributed by atoms with Crippen molar-refractivity contribution in [2.45, 2.75) is 26.8 Å². The Morgan fingerprint density at radius 1 is 1.38 bits per heavy atom. The highest BCUT2D eigenvalue weighted by molar-refractivity contribution is 6.06. The molecule has 0 saturated carbocycles. The Morgan fingerprint density at radius 2 is 2.08 bits per heavy atom. The zero-order chi connectivity index (χ0) is 17.7. The number of carboxylic acid groups (broad SMARTS) is 1. The fourth-order valence-corrected chi connectivity index (χ4v) is 2.50. The van der Waals surface area contributed by atoms with Gasteiger partial charge in [-0.05, 0) is 13.0 Å². The van der Waals surface area contributed by atoms with E-state index >= 15 is 0 Å². The van der Waals surface area contributed by atoms with Gasteiger partial charge in [0.1, 0.15) is 12.1 Å². The van der Waals surface area contributed by atoms with Gasteiger partial charge >= 0.3 is 5.97 Å². The van der Waals surface area contributed by atoms with E-state index in [1.807, 2.05) is 49.6 Å². The maximum absolute atomic E-state index is 10.5. The van der Waals surface area contributed by atoms with E-state index in [0.717, 1.165) is 16.4 Å². The molecular formula is C17H22N4O3. The van der Waals surface area contributed by atoms with Crippen LogP contribution in [0.3, 0.4) is 0 Å². The summed E-state index contributed by atoms with van der Waals surface area (Å²) < 4.78 is 7.12. The molecule has 2 heterocycles. The second-order valence-corrected chi connectivity index (χ2v) is 5.12. The first kappa shape index (κ1) is 17.7. The predicted molar refractivity (Wildman–Crippen MR) is 94.0 cm³/mol. The standard InChI is InChI=1S/C15H16N4O3.C2H6/c1-9(6-22-7-12(20)21)19-8-17-13-14(19)10-4-2-3-5-11(10)18-15(13)16;1-2/h2-5,8-9H,6-7H2,1H3,(H2,16,18)(H,20,21);1-2H3. The Balaban J connectivity index is 0.00000100. The largest absolute Gasteiger partial charge is 0.480 e. The van der Waals surface area contributed by atoms with Gasteiger partial charge in [0.15, 0.2) is 5.82 Å². The van der Waals surface area contributed by atoms with Crippen LogP contribution in [0, 0.1) is 0 Å². The van der Waals surface area contributed by atoms with Crippen LogP contribution < -0.4 is 5.73 Å². The lowest BCUT2D eigenvalue weighted by Gasteiger charge is -2.15. The number of nitrogens with zero attached hydrogens (tertiary/aromatic N) is 3. The van der Waals surface area contributed by atoms with Crippen molar-refractivity contribution >= 4 is 33.7 Å². The molecule has 0 aliphatic heterocycles. The number of carbonyl (C=O) groups is 1. The fourth-order valence-electron chi connectivity index (χ4n) is 2.50. The minimum absolute atomic E-state index is 0.0745. The van der Waals surface area contributed by atoms with Gasteiger partial charge in [-0.1, -0.05) is 32.0 Å². The van der Waals surface area contributed by atoms with Crippen molar-refractivity contribution in [1.29, 1.82) is 0 Å². The van der Waals surface area contributed by atoms with Crippen LogP contribution in [-0.4, -0.2) is 38.8 Å². The fraction of sp³-hybridized carbons (Fsp3) is 0.353. The van der Waals surface area contributed by atoms with Gasteiger partial charge in [-0.2, -0.15) is 0 Å². The van der Waals surface area contributed by atoms with Crippen molar-refractivity contribution in [2.75, 3.05) is 18.9 Å². The number of nitrogens with two attached hydrogens (primary N) is 1. The summed E-state index contributed by atoms with van der Waals surface area (Å²) in [5, 5.41) is 9.59. The second-order valence-electron chi connectivity index (χ2n) is 5.12. The topological polar surface area (TPSA) is 103 Å². The average molecular weight is 330 g/mol. The molecule has 0 spiro atoms. The molecule has 0 amide bonds. The molecule has 0 radical (unpaired) electrons. The summed E-state index contributed by atoms with van der Waals surface area (Å²) in [6, 6.07) is 7.62. The molecule has 0 fully saturated rings. The number of imidazole rings is 1. The molecule has 7 nitrogen and oxygen atoms in total. The number of fused-ring (bicyclic) bond motifs is 3. The molecule has 3 rings (SSSR count). The zero-order valence-electron chi connectivity index (χ0n) is 14.1. The lowest BCUT2D eigenvalue weighted by molar-refractivity contribution is -0.142. The van der Waals surface area contributed by atoms with Crippen molar-refractivity contribution in [2.24, 2.45) is 0 Å². The number of aliphatic carboxylic acids is 1. The van der Waals surface area contributed by atoms with Crippen molar-refractivity contribution < 1.29 is 14.6 Å². The van der Waals surface area contributed by atoms with Crippen LogP contribution in [0.15, 0.2) is 30.6 Å². The summed E-state index contributed by atoms with van der Waals surface area (Å²) in [6.45, 7) is 5.89. The Hall–Kier alpha value is -2.67. The van der Waals surface area contributed by atoms with Crippen LogP contribution in [0.25, 0.3) is 21.9 Å². The number of nitrogen functional groups attached to an aromatic ring is 1. The highest BCUT2D eigenvalue weighted by Crippen LogP contribution is 2.28. The maximum atomic E-state index is 10.5. The van der Waals surface area contributed by atoms with Gasteiger partial charge in [-0.25, -0.2) is 14.8 Å². The number of hydrogen-bond donors (Lipinski definition) is 2. The van der Waals surface area contributed by atoms with Crippen molar-refractivity contribution in [3.05, 3.63) is 30.6 Å². The number of ether oxygens (including phenoxy) is 1. The lowest BCUT2D eigenvalue weighted by Crippen LogP contribution is -2.15. The van der Waals surface area contributed by atoms with Gasteiger partial charge in [0.25, 0.3) is 0 Å². The number of anilines is 1. The molecule has 0 bridgehead atoms. The van der Waals surface area contributed by atoms with E-state index in [4.69, 9.17) is 15.6 Å². The summed E-state index contributed by atoms with van der Waals surface area (Å²) in [7, 11) is 0. The molecule has 1 aromatic carbocycles. The summed E-state index contributed by atoms with van der Waals surface area (Å²) >= 11 is 0. The van der Waals surface area contributed by atoms with E-state index in [1.54, 1.807) is 6.33 Å². The van der Waals surface area contributed by atoms with E-state index in [-0.39, 0.29) is 19.3 Å². The van der Waals surface area contributed by atoms with Crippen LogP contribution in [0.5, 0.6) is 0 Å². The number of aromatic nitrogens is 3. The number of para-hydroxylation sites is 1. The summed E-state index contributed by atoms with van der Waals surface area (Å²) in [5.74, 6) is -0.604. The third-order valence-electron chi connectivity index (χ3n) is 3.50. The Kier molecular flexibility index (Phi) is 5.70. The van der Waals surface area contributed by atoms with Crippen LogP contribution in [-0.2, 0) is 9.53 Å². The lowest BCUT2D eigenvalue weighted by atomic mass is 10.1. The number of carboxylic acids is 1. The first-order valence-electron chi connectivity index (χ1n) is 7.88. The second kappa shape index (κ2) is 7.74. The van der Waals surface area contributed by atoms with E-state index in [9.17, 15) is 4.79 Å². The van der Waals surface area contributed by atoms with Gasteiger partial charge in [0, 0.05) is 5.39 Å². The molecule has 2 aromatic heterocycles. The average Bonchev–Trinajstić information content (AvgIpc) is 3.02. The number of hydrogen-bond acceptors (Lipinski definition) is 5. The molecule has 3 aromatic rings. The van der Waals surface area contributed by atoms with Crippen molar-refractivity contribution in [3.63, 3.8) is 0 Å². The highest BCUT2D eigenvalue weighted by Gasteiger charge is 2.15. The van der Waals surface area contributed by atoms with Gasteiger partial charge in [-0.3, -0.25) is 0 Å². The number of pyridine rings is 1. The third kappa shape index (κ3) is 3.46. The molecular weight excluding hydrogens is 308 g/mol. The van der Waals surface area contributed by atoms with E-state index in [0.29, 0.717) is 11.3 Å². The summed E-state index contributed by atoms with van der Waals surface area (Å²) in [6.07, 6.45) is 1.68. The number of rotatable bonds is 5. The predicted octanol–water partition coefficient (Wildman–Crippen LogP) is 2.86. The Morgan fingerprint density at radius 3 is 2.79 bits per heavy atom. The van der Waals surface area contributed by atoms with Gasteiger partial charge in [0.05, 0.1) is 30.0 Å². The first-order valence-corrected chi connectivity index (χ1v) is 7.88. The Labute approximate surface area is 140 Å². The van der Waals surface area contributed by atoms with Crippen LogP contribution in [0.1, 0.15) is 26.8 Å². The first-order chi connectivity index (χ1) is 11.6. The molecule has 24 heavy (non-hydrogen) atoms. The molecule has 1 unspecified atom stereocenters. The third-order valence-corrected chi connectivity index (χ3v) is 3.50. The minimum Gasteiger partial charge on any atom is -0.480 e. The van der Waals surface area contributed by atoms with Crippen LogP contribution in [0.2, 0.25) is 0 Å². The van der Waals surface area contributed by atoms with E-state index < -0.39 is 5.97 Å². The minimum atomic E-state index is -0.985. The molecule has 1 atom stereocenters. The van der Waals surface area contributed by atoms with Crippen LogP contribution in [0.4, 0.5) is 5.82 Å². The van der Waals surface area contributed by atoms with Gasteiger partial charge in [0.2, 0.25) is 0 Å². The van der Waals surface area contributed by atoms with Gasteiger partial charge in [-0.15, -0.1) is 0 Å². The zero-order valence-corrected chi connectivity index (χ0v) is 14.1. The van der Waals surface area contributed by atoms with E-state index in [2.05, 4.69) is 9.97 Å². The molecule has 3 N–H and O–H groups in total. The van der Waals surface area contributed by atoms with Crippen LogP contribution >= 0.6 is 0 Å². The quantitative estimate of drug-likeness (QED) is 0.745.